The summed E-state index contributed by atoms with van der Waals surface area (Å²) in [5.41, 5.74) is 2.27. The molecule has 0 spiro atoms. The lowest BCUT2D eigenvalue weighted by Crippen LogP contribution is -2.54. The highest BCUT2D eigenvalue weighted by molar-refractivity contribution is 5.64. The maximum absolute atomic E-state index is 12.7. The van der Waals surface area contributed by atoms with Gasteiger partial charge in [-0.3, -0.25) is 4.90 Å². The van der Waals surface area contributed by atoms with Gasteiger partial charge in [0.25, 0.3) is 0 Å². The Hall–Kier alpha value is -1.89. The van der Waals surface area contributed by atoms with Crippen molar-refractivity contribution in [2.45, 2.75) is 32.1 Å². The van der Waals surface area contributed by atoms with E-state index in [4.69, 9.17) is 4.74 Å². The molecule has 28 heavy (non-hydrogen) atoms. The topological polar surface area (TPSA) is 24.5 Å². The smallest absolute Gasteiger partial charge is 0.379 e. The summed E-state index contributed by atoms with van der Waals surface area (Å²) in [6, 6.07) is 13.2. The van der Waals surface area contributed by atoms with Gasteiger partial charge in [-0.15, -0.1) is 0 Å². The Morgan fingerprint density at radius 1 is 0.893 bits per heavy atom. The Morgan fingerprint density at radius 3 is 1.96 bits per heavy atom. The van der Waals surface area contributed by atoms with Gasteiger partial charge in [0.1, 0.15) is 0 Å². The van der Waals surface area contributed by atoms with Gasteiger partial charge in [-0.25, -0.2) is 0 Å². The van der Waals surface area contributed by atoms with Crippen molar-refractivity contribution in [2.75, 3.05) is 32.8 Å². The molecule has 0 atom stereocenters. The van der Waals surface area contributed by atoms with E-state index in [0.717, 1.165) is 68.2 Å². The van der Waals surface area contributed by atoms with Gasteiger partial charge >= 0.3 is 6.18 Å². The fourth-order valence-electron chi connectivity index (χ4n) is 3.46. The fraction of sp³-hybridized carbons (Fsp3) is 0.455. The normalized spacial score (nSPS) is 16.3. The average molecular weight is 392 g/mol. The van der Waals surface area contributed by atoms with Gasteiger partial charge in [0, 0.05) is 31.7 Å². The molecule has 1 aliphatic rings. The molecule has 2 aromatic rings. The number of benzene rings is 2. The molecule has 6 heteroatoms. The van der Waals surface area contributed by atoms with Crippen molar-refractivity contribution < 1.29 is 17.9 Å². The molecule has 3 nitrogen and oxygen atoms in total. The van der Waals surface area contributed by atoms with E-state index in [9.17, 15) is 13.2 Å². The van der Waals surface area contributed by atoms with Crippen molar-refractivity contribution >= 4 is 0 Å². The van der Waals surface area contributed by atoms with E-state index in [1.807, 2.05) is 24.3 Å². The summed E-state index contributed by atoms with van der Waals surface area (Å²) in [5.74, 6) is 0. The fourth-order valence-corrected chi connectivity index (χ4v) is 3.46. The van der Waals surface area contributed by atoms with Crippen LogP contribution in [-0.4, -0.2) is 43.3 Å². The molecule has 0 aromatic heterocycles. The second kappa shape index (κ2) is 8.64. The zero-order valence-electron chi connectivity index (χ0n) is 16.4. The first-order chi connectivity index (χ1) is 13.3. The van der Waals surface area contributed by atoms with E-state index in [1.54, 1.807) is 0 Å². The third-order valence-corrected chi connectivity index (χ3v) is 5.25. The van der Waals surface area contributed by atoms with Crippen LogP contribution in [0.1, 0.15) is 25.0 Å². The first-order valence-corrected chi connectivity index (χ1v) is 9.56. The molecule has 3 rings (SSSR count). The average Bonchev–Trinajstić information content (AvgIpc) is 2.68. The molecular weight excluding hydrogens is 365 g/mol. The Morgan fingerprint density at radius 2 is 1.43 bits per heavy atom. The van der Waals surface area contributed by atoms with E-state index in [1.165, 1.54) is 12.1 Å². The zero-order chi connectivity index (χ0) is 20.2. The van der Waals surface area contributed by atoms with Crippen molar-refractivity contribution in [1.29, 1.82) is 0 Å². The van der Waals surface area contributed by atoms with Crippen LogP contribution in [0.2, 0.25) is 0 Å². The monoisotopic (exact) mass is 392 g/mol. The number of nitrogens with one attached hydrogen (secondary N) is 1. The third kappa shape index (κ3) is 5.34. The number of hydrogen-bond donors (Lipinski definition) is 1. The van der Waals surface area contributed by atoms with E-state index >= 15 is 0 Å². The lowest BCUT2D eigenvalue weighted by atomic mass is 10.0. The van der Waals surface area contributed by atoms with Crippen LogP contribution < -0.4 is 5.32 Å². The van der Waals surface area contributed by atoms with Crippen molar-refractivity contribution in [3.63, 3.8) is 0 Å². The standard InChI is InChI=1S/C22H27F3N2O/c1-21(2,27-11-13-28-14-12-27)16-26-15-17-3-5-18(6-4-17)19-7-9-20(10-8-19)22(23,24)25/h3-10,26H,11-16H2,1-2H3. The number of alkyl halides is 3. The van der Waals surface area contributed by atoms with Crippen LogP contribution in [0.25, 0.3) is 11.1 Å². The van der Waals surface area contributed by atoms with Gasteiger partial charge in [0.15, 0.2) is 0 Å². The quantitative estimate of drug-likeness (QED) is 0.779. The van der Waals surface area contributed by atoms with Gasteiger partial charge in [0.05, 0.1) is 18.8 Å². The first kappa shape index (κ1) is 20.8. The molecule has 0 amide bonds. The Kier molecular flexibility index (Phi) is 6.43. The number of hydrogen-bond acceptors (Lipinski definition) is 3. The Labute approximate surface area is 164 Å². The molecule has 0 unspecified atom stereocenters. The second-order valence-electron chi connectivity index (χ2n) is 7.79. The largest absolute Gasteiger partial charge is 0.416 e. The highest BCUT2D eigenvalue weighted by Gasteiger charge is 2.30. The Balaban J connectivity index is 1.54. The SMILES string of the molecule is CC(C)(CNCc1ccc(-c2ccc(C(F)(F)F)cc2)cc1)N1CCOCC1. The summed E-state index contributed by atoms with van der Waals surface area (Å²) >= 11 is 0. The minimum atomic E-state index is -4.30. The van der Waals surface area contributed by atoms with E-state index < -0.39 is 11.7 Å². The molecule has 1 fully saturated rings. The molecule has 0 bridgehead atoms. The highest BCUT2D eigenvalue weighted by Crippen LogP contribution is 2.31. The summed E-state index contributed by atoms with van der Waals surface area (Å²) in [4.78, 5) is 2.44. The lowest BCUT2D eigenvalue weighted by molar-refractivity contribution is -0.137. The third-order valence-electron chi connectivity index (χ3n) is 5.25. The van der Waals surface area contributed by atoms with Crippen LogP contribution in [0.5, 0.6) is 0 Å². The maximum atomic E-state index is 12.7. The first-order valence-electron chi connectivity index (χ1n) is 9.56. The minimum absolute atomic E-state index is 0.0595. The van der Waals surface area contributed by atoms with Crippen molar-refractivity contribution in [1.82, 2.24) is 10.2 Å². The molecule has 0 radical (unpaired) electrons. The van der Waals surface area contributed by atoms with Crippen molar-refractivity contribution in [3.8, 4) is 11.1 Å². The summed E-state index contributed by atoms with van der Waals surface area (Å²) in [7, 11) is 0. The van der Waals surface area contributed by atoms with Crippen molar-refractivity contribution in [2.24, 2.45) is 0 Å². The van der Waals surface area contributed by atoms with Crippen LogP contribution in [0, 0.1) is 0 Å². The number of morpholine rings is 1. The predicted molar refractivity (Wildman–Crippen MR) is 105 cm³/mol. The van der Waals surface area contributed by atoms with Crippen LogP contribution in [0.15, 0.2) is 48.5 Å². The zero-order valence-corrected chi connectivity index (χ0v) is 16.4. The van der Waals surface area contributed by atoms with Crippen LogP contribution >= 0.6 is 0 Å². The maximum Gasteiger partial charge on any atom is 0.416 e. The number of rotatable bonds is 6. The molecule has 152 valence electrons. The van der Waals surface area contributed by atoms with Gasteiger partial charge in [-0.05, 0) is 42.7 Å². The van der Waals surface area contributed by atoms with Crippen LogP contribution in [-0.2, 0) is 17.5 Å². The van der Waals surface area contributed by atoms with Gasteiger partial charge < -0.3 is 10.1 Å². The van der Waals surface area contributed by atoms with E-state index in [0.29, 0.717) is 0 Å². The van der Waals surface area contributed by atoms with Crippen LogP contribution in [0.4, 0.5) is 13.2 Å². The van der Waals surface area contributed by atoms with Crippen molar-refractivity contribution in [3.05, 3.63) is 59.7 Å². The number of halogens is 3. The summed E-state index contributed by atoms with van der Waals surface area (Å²) in [6.45, 7) is 9.57. The molecule has 2 aromatic carbocycles. The number of ether oxygens (including phenoxy) is 1. The molecular formula is C22H27F3N2O. The summed E-state index contributed by atoms with van der Waals surface area (Å²) < 4.78 is 43.5. The highest BCUT2D eigenvalue weighted by atomic mass is 19.4. The molecule has 0 aliphatic carbocycles. The molecule has 1 saturated heterocycles. The van der Waals surface area contributed by atoms with E-state index in [2.05, 4.69) is 24.1 Å². The number of nitrogens with zero attached hydrogens (tertiary/aromatic N) is 1. The summed E-state index contributed by atoms with van der Waals surface area (Å²) in [5, 5.41) is 3.52. The molecule has 1 heterocycles. The van der Waals surface area contributed by atoms with E-state index in [-0.39, 0.29) is 5.54 Å². The predicted octanol–water partition coefficient (Wildman–Crippen LogP) is 4.57. The lowest BCUT2D eigenvalue weighted by Gasteiger charge is -2.41. The summed E-state index contributed by atoms with van der Waals surface area (Å²) in [6.07, 6.45) is -4.30. The van der Waals surface area contributed by atoms with Gasteiger partial charge in [-0.1, -0.05) is 36.4 Å². The minimum Gasteiger partial charge on any atom is -0.379 e. The van der Waals surface area contributed by atoms with Gasteiger partial charge in [-0.2, -0.15) is 13.2 Å². The Bertz CT molecular complexity index is 749. The van der Waals surface area contributed by atoms with Gasteiger partial charge in [0.2, 0.25) is 0 Å². The molecule has 1 aliphatic heterocycles. The second-order valence-corrected chi connectivity index (χ2v) is 7.79. The molecule has 0 saturated carbocycles. The van der Waals surface area contributed by atoms with Crippen LogP contribution in [0.3, 0.4) is 0 Å². The molecule has 1 N–H and O–H groups in total.